The van der Waals surface area contributed by atoms with E-state index < -0.39 is 0 Å². The van der Waals surface area contributed by atoms with Crippen molar-refractivity contribution in [3.63, 3.8) is 0 Å². The Balaban J connectivity index is 2.39. The molecule has 0 aliphatic rings. The summed E-state index contributed by atoms with van der Waals surface area (Å²) in [5.74, 6) is 0. The molecular weight excluding hydrogens is 284 g/mol. The zero-order chi connectivity index (χ0) is 11.7. The van der Waals surface area contributed by atoms with Gasteiger partial charge in [0.05, 0.1) is 0 Å². The summed E-state index contributed by atoms with van der Waals surface area (Å²) in [6.45, 7) is 4.05. The molecule has 0 saturated carbocycles. The van der Waals surface area contributed by atoms with Crippen LogP contribution in [0.4, 0.5) is 0 Å². The Bertz CT molecular complexity index is 505. The highest BCUT2D eigenvalue weighted by Gasteiger charge is 2.08. The number of hydrogen-bond acceptors (Lipinski definition) is 3. The van der Waals surface area contributed by atoms with Crippen LogP contribution >= 0.6 is 27.3 Å². The topological polar surface area (TPSA) is 38.9 Å². The first-order valence-corrected chi connectivity index (χ1v) is 6.66. The van der Waals surface area contributed by atoms with Gasteiger partial charge in [0, 0.05) is 27.2 Å². The highest BCUT2D eigenvalue weighted by atomic mass is 79.9. The van der Waals surface area contributed by atoms with Gasteiger partial charge in [0.2, 0.25) is 0 Å². The molecule has 0 amide bonds. The van der Waals surface area contributed by atoms with Gasteiger partial charge in [0.1, 0.15) is 5.01 Å². The second kappa shape index (κ2) is 4.65. The Labute approximate surface area is 108 Å². The van der Waals surface area contributed by atoms with Crippen molar-refractivity contribution in [1.29, 1.82) is 0 Å². The molecule has 0 aliphatic heterocycles. The minimum Gasteiger partial charge on any atom is -0.323 e. The van der Waals surface area contributed by atoms with Crippen molar-refractivity contribution in [3.8, 4) is 10.6 Å². The highest BCUT2D eigenvalue weighted by Crippen LogP contribution is 2.30. The van der Waals surface area contributed by atoms with Gasteiger partial charge in [0.15, 0.2) is 0 Å². The minimum atomic E-state index is 0.0557. The Morgan fingerprint density at radius 3 is 2.75 bits per heavy atom. The molecule has 0 radical (unpaired) electrons. The third-order valence-corrected chi connectivity index (χ3v) is 4.49. The molecule has 0 fully saturated rings. The maximum Gasteiger partial charge on any atom is 0.123 e. The lowest BCUT2D eigenvalue weighted by Crippen LogP contribution is -2.01. The van der Waals surface area contributed by atoms with Crippen molar-refractivity contribution in [1.82, 2.24) is 4.98 Å². The van der Waals surface area contributed by atoms with Crippen LogP contribution in [0.5, 0.6) is 0 Å². The zero-order valence-corrected chi connectivity index (χ0v) is 11.6. The molecule has 0 aliphatic carbocycles. The zero-order valence-electron chi connectivity index (χ0n) is 9.20. The van der Waals surface area contributed by atoms with Crippen molar-refractivity contribution in [2.24, 2.45) is 5.73 Å². The third-order valence-electron chi connectivity index (χ3n) is 2.39. The van der Waals surface area contributed by atoms with Crippen LogP contribution < -0.4 is 5.73 Å². The number of aromatic nitrogens is 1. The monoisotopic (exact) mass is 296 g/mol. The molecule has 2 N–H and O–H groups in total. The number of rotatable bonds is 2. The van der Waals surface area contributed by atoms with Crippen molar-refractivity contribution in [3.05, 3.63) is 39.3 Å². The molecule has 4 heteroatoms. The van der Waals surface area contributed by atoms with E-state index >= 15 is 0 Å². The molecule has 1 aromatic carbocycles. The number of nitrogens with two attached hydrogens (primary N) is 1. The van der Waals surface area contributed by atoms with E-state index in [1.807, 2.05) is 13.1 Å². The molecule has 1 atom stereocenters. The quantitative estimate of drug-likeness (QED) is 0.913. The van der Waals surface area contributed by atoms with E-state index in [0.717, 1.165) is 19.9 Å². The van der Waals surface area contributed by atoms with Crippen molar-refractivity contribution >= 4 is 27.3 Å². The molecule has 84 valence electrons. The number of nitrogens with zero attached hydrogens (tertiary/aromatic N) is 1. The average molecular weight is 297 g/mol. The first-order valence-electron chi connectivity index (χ1n) is 5.06. The molecule has 2 aromatic rings. The molecule has 0 saturated heterocycles. The van der Waals surface area contributed by atoms with Gasteiger partial charge in [0.25, 0.3) is 0 Å². The average Bonchev–Trinajstić information content (AvgIpc) is 2.71. The Morgan fingerprint density at radius 2 is 2.19 bits per heavy atom. The summed E-state index contributed by atoms with van der Waals surface area (Å²) in [6, 6.07) is 6.33. The summed E-state index contributed by atoms with van der Waals surface area (Å²) >= 11 is 5.18. The molecule has 1 heterocycles. The van der Waals surface area contributed by atoms with Gasteiger partial charge >= 0.3 is 0 Å². The smallest absolute Gasteiger partial charge is 0.123 e. The molecule has 0 bridgehead atoms. The van der Waals surface area contributed by atoms with Gasteiger partial charge in [-0.25, -0.2) is 4.98 Å². The summed E-state index contributed by atoms with van der Waals surface area (Å²) in [4.78, 5) is 5.51. The number of hydrogen-bond donors (Lipinski definition) is 1. The van der Waals surface area contributed by atoms with Crippen LogP contribution in [0.1, 0.15) is 23.4 Å². The standard InChI is InChI=1S/C12H13BrN2S/c1-7-3-4-9(5-10(7)13)12-15-6-11(16-12)8(2)14/h3-6,8H,14H2,1-2H3. The predicted molar refractivity (Wildman–Crippen MR) is 72.6 cm³/mol. The van der Waals surface area contributed by atoms with Gasteiger partial charge in [-0.2, -0.15) is 0 Å². The van der Waals surface area contributed by atoms with E-state index in [9.17, 15) is 0 Å². The number of thiazole rings is 1. The van der Waals surface area contributed by atoms with Crippen molar-refractivity contribution in [2.75, 3.05) is 0 Å². The summed E-state index contributed by atoms with van der Waals surface area (Å²) in [5.41, 5.74) is 8.18. The van der Waals surface area contributed by atoms with Crippen LogP contribution in [-0.2, 0) is 0 Å². The van der Waals surface area contributed by atoms with Crippen LogP contribution in [0, 0.1) is 6.92 Å². The first kappa shape index (κ1) is 11.8. The maximum absolute atomic E-state index is 5.82. The molecule has 1 aromatic heterocycles. The molecule has 1 unspecified atom stereocenters. The van der Waals surface area contributed by atoms with E-state index in [4.69, 9.17) is 5.73 Å². The van der Waals surface area contributed by atoms with E-state index in [1.165, 1.54) is 5.56 Å². The van der Waals surface area contributed by atoms with Crippen molar-refractivity contribution < 1.29 is 0 Å². The minimum absolute atomic E-state index is 0.0557. The lowest BCUT2D eigenvalue weighted by Gasteiger charge is -2.01. The summed E-state index contributed by atoms with van der Waals surface area (Å²) in [5, 5.41) is 1.02. The fraction of sp³-hybridized carbons (Fsp3) is 0.250. The molecular formula is C12H13BrN2S. The predicted octanol–water partition coefficient (Wildman–Crippen LogP) is 3.90. The molecule has 16 heavy (non-hydrogen) atoms. The van der Waals surface area contributed by atoms with Gasteiger partial charge in [-0.1, -0.05) is 28.1 Å². The van der Waals surface area contributed by atoms with Crippen LogP contribution in [0.3, 0.4) is 0 Å². The van der Waals surface area contributed by atoms with Gasteiger partial charge in [-0.15, -0.1) is 11.3 Å². The number of aryl methyl sites for hydroxylation is 1. The van der Waals surface area contributed by atoms with Gasteiger partial charge in [-0.3, -0.25) is 0 Å². The summed E-state index contributed by atoms with van der Waals surface area (Å²) in [6.07, 6.45) is 1.86. The van der Waals surface area contributed by atoms with Crippen LogP contribution in [-0.4, -0.2) is 4.98 Å². The van der Waals surface area contributed by atoms with Gasteiger partial charge < -0.3 is 5.73 Å². The van der Waals surface area contributed by atoms with E-state index in [0.29, 0.717) is 0 Å². The summed E-state index contributed by atoms with van der Waals surface area (Å²) in [7, 11) is 0. The number of benzene rings is 1. The largest absolute Gasteiger partial charge is 0.323 e. The van der Waals surface area contributed by atoms with E-state index in [1.54, 1.807) is 11.3 Å². The normalized spacial score (nSPS) is 12.8. The van der Waals surface area contributed by atoms with Crippen LogP contribution in [0.25, 0.3) is 10.6 Å². The fourth-order valence-electron chi connectivity index (χ4n) is 1.36. The SMILES string of the molecule is Cc1ccc(-c2ncc(C(C)N)s2)cc1Br. The Morgan fingerprint density at radius 1 is 1.44 bits per heavy atom. The lowest BCUT2D eigenvalue weighted by molar-refractivity contribution is 0.835. The Hall–Kier alpha value is -0.710. The number of halogens is 1. The third kappa shape index (κ3) is 2.34. The van der Waals surface area contributed by atoms with Crippen molar-refractivity contribution in [2.45, 2.75) is 19.9 Å². The molecule has 0 spiro atoms. The summed E-state index contributed by atoms with van der Waals surface area (Å²) < 4.78 is 1.11. The van der Waals surface area contributed by atoms with E-state index in [2.05, 4.69) is 46.0 Å². The lowest BCUT2D eigenvalue weighted by atomic mass is 10.2. The second-order valence-corrected chi connectivity index (χ2v) is 5.74. The van der Waals surface area contributed by atoms with Crippen LogP contribution in [0.15, 0.2) is 28.9 Å². The maximum atomic E-state index is 5.82. The molecule has 2 nitrogen and oxygen atoms in total. The van der Waals surface area contributed by atoms with Crippen LogP contribution in [0.2, 0.25) is 0 Å². The molecule has 2 rings (SSSR count). The van der Waals surface area contributed by atoms with Gasteiger partial charge in [-0.05, 0) is 25.5 Å². The second-order valence-electron chi connectivity index (χ2n) is 3.82. The first-order chi connectivity index (χ1) is 7.58. The highest BCUT2D eigenvalue weighted by molar-refractivity contribution is 9.10. The fourth-order valence-corrected chi connectivity index (χ4v) is 2.60. The van der Waals surface area contributed by atoms with E-state index in [-0.39, 0.29) is 6.04 Å². The Kier molecular flexibility index (Phi) is 3.42.